The zero-order chi connectivity index (χ0) is 12.1. The van der Waals surface area contributed by atoms with Gasteiger partial charge in [-0.25, -0.2) is 4.39 Å². The third-order valence-corrected chi connectivity index (χ3v) is 3.93. The van der Waals surface area contributed by atoms with E-state index < -0.39 is 0 Å². The summed E-state index contributed by atoms with van der Waals surface area (Å²) in [5, 5.41) is 3.44. The fourth-order valence-corrected chi connectivity index (χ4v) is 2.95. The Bertz CT molecular complexity index is 342. The van der Waals surface area contributed by atoms with E-state index in [2.05, 4.69) is 17.1 Å². The molecule has 94 valence electrons. The largest absolute Gasteiger partial charge is 0.312 e. The van der Waals surface area contributed by atoms with Crippen LogP contribution in [-0.2, 0) is 0 Å². The molecule has 0 saturated carbocycles. The molecule has 1 aliphatic heterocycles. The maximum Gasteiger partial charge on any atom is 0.123 e. The maximum atomic E-state index is 12.7. The molecule has 1 fully saturated rings. The molecule has 1 aromatic carbocycles. The topological polar surface area (TPSA) is 15.3 Å². The van der Waals surface area contributed by atoms with Gasteiger partial charge in [0.05, 0.1) is 0 Å². The average Bonchev–Trinajstić information content (AvgIpc) is 2.32. The number of hydrogen-bond donors (Lipinski definition) is 1. The lowest BCUT2D eigenvalue weighted by Crippen LogP contribution is -2.49. The molecule has 0 aliphatic carbocycles. The predicted molar refractivity (Wildman–Crippen MR) is 71.0 cm³/mol. The molecule has 2 rings (SSSR count). The zero-order valence-electron chi connectivity index (χ0n) is 10.2. The van der Waals surface area contributed by atoms with Gasteiger partial charge in [0.15, 0.2) is 0 Å². The smallest absolute Gasteiger partial charge is 0.123 e. The lowest BCUT2D eigenvalue weighted by atomic mass is 10.2. The summed E-state index contributed by atoms with van der Waals surface area (Å²) in [6.07, 6.45) is 0. The van der Waals surface area contributed by atoms with Crippen LogP contribution in [-0.4, -0.2) is 42.9 Å². The number of halogens is 1. The van der Waals surface area contributed by atoms with Crippen LogP contribution in [0.3, 0.4) is 0 Å². The molecule has 0 amide bonds. The highest BCUT2D eigenvalue weighted by Gasteiger charge is 2.14. The van der Waals surface area contributed by atoms with E-state index in [0.717, 1.165) is 36.8 Å². The molecule has 17 heavy (non-hydrogen) atoms. The molecule has 1 aromatic rings. The van der Waals surface area contributed by atoms with E-state index in [-0.39, 0.29) is 5.82 Å². The fraction of sp³-hybridized carbons (Fsp3) is 0.538. The molecule has 4 heteroatoms. The second-order valence-electron chi connectivity index (χ2n) is 4.46. The number of rotatable bonds is 4. The van der Waals surface area contributed by atoms with Crippen molar-refractivity contribution in [2.45, 2.75) is 17.9 Å². The Kier molecular flexibility index (Phi) is 4.83. The lowest BCUT2D eigenvalue weighted by molar-refractivity contribution is 0.218. The van der Waals surface area contributed by atoms with Gasteiger partial charge in [0.25, 0.3) is 0 Å². The van der Waals surface area contributed by atoms with Crippen LogP contribution >= 0.6 is 11.8 Å². The Balaban J connectivity index is 1.70. The summed E-state index contributed by atoms with van der Waals surface area (Å²) in [4.78, 5) is 3.63. The normalized spacial score (nSPS) is 21.6. The van der Waals surface area contributed by atoms with Gasteiger partial charge in [0.1, 0.15) is 5.82 Å². The van der Waals surface area contributed by atoms with Crippen molar-refractivity contribution in [3.05, 3.63) is 30.1 Å². The molecule has 1 aliphatic rings. The van der Waals surface area contributed by atoms with Crippen LogP contribution in [0, 0.1) is 5.82 Å². The van der Waals surface area contributed by atoms with Crippen molar-refractivity contribution in [3.8, 4) is 0 Å². The Morgan fingerprint density at radius 2 is 2.18 bits per heavy atom. The average molecular weight is 254 g/mol. The van der Waals surface area contributed by atoms with E-state index in [9.17, 15) is 4.39 Å². The Morgan fingerprint density at radius 1 is 1.41 bits per heavy atom. The zero-order valence-corrected chi connectivity index (χ0v) is 11.0. The van der Waals surface area contributed by atoms with Crippen molar-refractivity contribution in [2.75, 3.05) is 31.9 Å². The number of benzene rings is 1. The molecular formula is C13H19FN2S. The lowest BCUT2D eigenvalue weighted by Gasteiger charge is -2.31. The molecule has 2 nitrogen and oxygen atoms in total. The summed E-state index contributed by atoms with van der Waals surface area (Å²) in [7, 11) is 0. The monoisotopic (exact) mass is 254 g/mol. The quantitative estimate of drug-likeness (QED) is 0.829. The van der Waals surface area contributed by atoms with Gasteiger partial charge in [-0.05, 0) is 31.2 Å². The van der Waals surface area contributed by atoms with E-state index >= 15 is 0 Å². The second-order valence-corrected chi connectivity index (χ2v) is 5.63. The van der Waals surface area contributed by atoms with Gasteiger partial charge in [-0.15, -0.1) is 11.8 Å². The van der Waals surface area contributed by atoms with Crippen molar-refractivity contribution in [1.29, 1.82) is 0 Å². The highest BCUT2D eigenvalue weighted by Crippen LogP contribution is 2.18. The van der Waals surface area contributed by atoms with Crippen molar-refractivity contribution < 1.29 is 4.39 Å². The highest BCUT2D eigenvalue weighted by atomic mass is 32.2. The standard InChI is InChI=1S/C13H19FN2S/c1-11-10-16(7-6-15-11)8-9-17-13-4-2-12(14)3-5-13/h2-5,11,15H,6-10H2,1H3. The van der Waals surface area contributed by atoms with Crippen LogP contribution < -0.4 is 5.32 Å². The first kappa shape index (κ1) is 12.9. The molecule has 0 aromatic heterocycles. The summed E-state index contributed by atoms with van der Waals surface area (Å²) >= 11 is 1.80. The number of hydrogen-bond acceptors (Lipinski definition) is 3. The first-order valence-electron chi connectivity index (χ1n) is 6.08. The van der Waals surface area contributed by atoms with E-state index in [4.69, 9.17) is 0 Å². The van der Waals surface area contributed by atoms with Gasteiger partial charge < -0.3 is 5.32 Å². The minimum Gasteiger partial charge on any atom is -0.312 e. The molecular weight excluding hydrogens is 235 g/mol. The number of piperazine rings is 1. The number of nitrogens with one attached hydrogen (secondary N) is 1. The summed E-state index contributed by atoms with van der Waals surface area (Å²) in [5.74, 6) is 0.906. The minimum atomic E-state index is -0.162. The van der Waals surface area contributed by atoms with Gasteiger partial charge in [-0.1, -0.05) is 0 Å². The van der Waals surface area contributed by atoms with E-state index in [1.165, 1.54) is 12.1 Å². The molecule has 0 spiro atoms. The van der Waals surface area contributed by atoms with Crippen LogP contribution in [0.15, 0.2) is 29.2 Å². The number of thioether (sulfide) groups is 1. The van der Waals surface area contributed by atoms with Gasteiger partial charge >= 0.3 is 0 Å². The Hall–Kier alpha value is -0.580. The molecule has 1 unspecified atom stereocenters. The molecule has 1 heterocycles. The van der Waals surface area contributed by atoms with Crippen LogP contribution in [0.1, 0.15) is 6.92 Å². The van der Waals surface area contributed by atoms with E-state index in [0.29, 0.717) is 6.04 Å². The Labute approximate surface area is 107 Å². The van der Waals surface area contributed by atoms with E-state index in [1.54, 1.807) is 11.8 Å². The summed E-state index contributed by atoms with van der Waals surface area (Å²) in [6, 6.07) is 7.34. The van der Waals surface area contributed by atoms with Gasteiger partial charge in [-0.2, -0.15) is 0 Å². The predicted octanol–water partition coefficient (Wildman–Crippen LogP) is 2.21. The van der Waals surface area contributed by atoms with Gasteiger partial charge in [-0.3, -0.25) is 4.90 Å². The third kappa shape index (κ3) is 4.30. The van der Waals surface area contributed by atoms with Crippen molar-refractivity contribution in [3.63, 3.8) is 0 Å². The highest BCUT2D eigenvalue weighted by molar-refractivity contribution is 7.99. The van der Waals surface area contributed by atoms with E-state index in [1.807, 2.05) is 12.1 Å². The first-order valence-corrected chi connectivity index (χ1v) is 7.07. The summed E-state index contributed by atoms with van der Waals surface area (Å²) < 4.78 is 12.7. The van der Waals surface area contributed by atoms with Crippen LogP contribution in [0.5, 0.6) is 0 Å². The molecule has 1 N–H and O–H groups in total. The summed E-state index contributed by atoms with van der Waals surface area (Å²) in [5.41, 5.74) is 0. The first-order chi connectivity index (χ1) is 8.24. The minimum absolute atomic E-state index is 0.162. The van der Waals surface area contributed by atoms with Crippen molar-refractivity contribution >= 4 is 11.8 Å². The molecule has 1 saturated heterocycles. The fourth-order valence-electron chi connectivity index (χ4n) is 2.04. The van der Waals surface area contributed by atoms with Crippen LogP contribution in [0.25, 0.3) is 0 Å². The molecule has 1 atom stereocenters. The SMILES string of the molecule is CC1CN(CCSc2ccc(F)cc2)CCN1. The second kappa shape index (κ2) is 6.38. The van der Waals surface area contributed by atoms with Crippen molar-refractivity contribution in [2.24, 2.45) is 0 Å². The van der Waals surface area contributed by atoms with Gasteiger partial charge in [0, 0.05) is 42.9 Å². The molecule has 0 radical (unpaired) electrons. The third-order valence-electron chi connectivity index (χ3n) is 2.94. The van der Waals surface area contributed by atoms with Crippen LogP contribution in [0.4, 0.5) is 4.39 Å². The maximum absolute atomic E-state index is 12.7. The van der Waals surface area contributed by atoms with Gasteiger partial charge in [0.2, 0.25) is 0 Å². The van der Waals surface area contributed by atoms with Crippen LogP contribution in [0.2, 0.25) is 0 Å². The number of nitrogens with zero attached hydrogens (tertiary/aromatic N) is 1. The Morgan fingerprint density at radius 3 is 2.88 bits per heavy atom. The summed E-state index contributed by atoms with van der Waals surface area (Å²) in [6.45, 7) is 6.67. The molecule has 0 bridgehead atoms. The van der Waals surface area contributed by atoms with Crippen molar-refractivity contribution in [1.82, 2.24) is 10.2 Å².